The molecule has 0 radical (unpaired) electrons. The van der Waals surface area contributed by atoms with Crippen molar-refractivity contribution in [1.82, 2.24) is 0 Å². The minimum atomic E-state index is -0.693. The Labute approximate surface area is 136 Å². The topological polar surface area (TPSA) is 78.7 Å². The van der Waals surface area contributed by atoms with Crippen molar-refractivity contribution in [3.63, 3.8) is 0 Å². The van der Waals surface area contributed by atoms with Gasteiger partial charge >= 0.3 is 5.97 Å². The molecule has 1 aromatic rings. The van der Waals surface area contributed by atoms with Crippen LogP contribution in [0.1, 0.15) is 62.7 Å². The first-order valence-corrected chi connectivity index (χ1v) is 8.18. The number of hydrogen-bond acceptors (Lipinski definition) is 5. The van der Waals surface area contributed by atoms with Gasteiger partial charge in [0.15, 0.2) is 0 Å². The van der Waals surface area contributed by atoms with Crippen LogP contribution in [0.2, 0.25) is 0 Å². The third-order valence-corrected chi connectivity index (χ3v) is 3.43. The van der Waals surface area contributed by atoms with E-state index in [2.05, 4.69) is 6.92 Å². The van der Waals surface area contributed by atoms with Crippen molar-refractivity contribution < 1.29 is 19.2 Å². The molecule has 0 unspecified atom stereocenters. The van der Waals surface area contributed by atoms with E-state index in [0.717, 1.165) is 12.8 Å². The summed E-state index contributed by atoms with van der Waals surface area (Å²) in [5.74, 6) is -0.292. The fourth-order valence-corrected chi connectivity index (χ4v) is 2.21. The molecule has 0 amide bonds. The summed E-state index contributed by atoms with van der Waals surface area (Å²) in [6.45, 7) is 4.52. The maximum absolute atomic E-state index is 11.7. The predicted octanol–water partition coefficient (Wildman–Crippen LogP) is 4.51. The number of hydrogen-bond donors (Lipinski definition) is 0. The molecule has 0 bridgehead atoms. The van der Waals surface area contributed by atoms with Crippen LogP contribution in [0.4, 0.5) is 5.69 Å². The van der Waals surface area contributed by atoms with Gasteiger partial charge in [0.1, 0.15) is 11.3 Å². The van der Waals surface area contributed by atoms with E-state index in [1.165, 1.54) is 37.8 Å². The highest BCUT2D eigenvalue weighted by Gasteiger charge is 2.22. The lowest BCUT2D eigenvalue weighted by Gasteiger charge is -2.08. The number of rotatable bonds is 11. The maximum atomic E-state index is 11.7. The Morgan fingerprint density at radius 2 is 1.83 bits per heavy atom. The van der Waals surface area contributed by atoms with Gasteiger partial charge in [0.05, 0.1) is 24.2 Å². The van der Waals surface area contributed by atoms with Crippen LogP contribution in [-0.4, -0.2) is 24.1 Å². The molecule has 0 N–H and O–H groups in total. The minimum absolute atomic E-state index is 0.0521. The van der Waals surface area contributed by atoms with Gasteiger partial charge in [-0.3, -0.25) is 10.1 Å². The molecule has 0 saturated heterocycles. The first kappa shape index (κ1) is 18.9. The second kappa shape index (κ2) is 10.6. The smallest absolute Gasteiger partial charge is 0.345 e. The Bertz CT molecular complexity index is 516. The van der Waals surface area contributed by atoms with E-state index in [1.807, 2.05) is 0 Å². The molecule has 23 heavy (non-hydrogen) atoms. The molecule has 0 fully saturated rings. The van der Waals surface area contributed by atoms with Gasteiger partial charge < -0.3 is 9.47 Å². The Morgan fingerprint density at radius 1 is 1.13 bits per heavy atom. The Kier molecular flexibility index (Phi) is 8.72. The largest absolute Gasteiger partial charge is 0.493 e. The van der Waals surface area contributed by atoms with Crippen molar-refractivity contribution in [2.24, 2.45) is 0 Å². The van der Waals surface area contributed by atoms with Gasteiger partial charge in [-0.05, 0) is 25.5 Å². The van der Waals surface area contributed by atoms with Crippen LogP contribution in [0.5, 0.6) is 5.75 Å². The summed E-state index contributed by atoms with van der Waals surface area (Å²) in [6.07, 6.45) is 6.88. The second-order valence-corrected chi connectivity index (χ2v) is 5.27. The molecule has 1 aromatic carbocycles. The van der Waals surface area contributed by atoms with Crippen molar-refractivity contribution in [1.29, 1.82) is 0 Å². The van der Waals surface area contributed by atoms with Crippen molar-refractivity contribution in [2.75, 3.05) is 13.2 Å². The minimum Gasteiger partial charge on any atom is -0.493 e. The van der Waals surface area contributed by atoms with Gasteiger partial charge in [-0.15, -0.1) is 0 Å². The van der Waals surface area contributed by atoms with E-state index in [4.69, 9.17) is 9.47 Å². The van der Waals surface area contributed by atoms with Crippen molar-refractivity contribution in [3.05, 3.63) is 33.9 Å². The van der Waals surface area contributed by atoms with E-state index >= 15 is 0 Å². The number of ether oxygens (including phenoxy) is 2. The molecule has 0 aliphatic rings. The quantitative estimate of drug-likeness (QED) is 0.259. The number of benzene rings is 1. The monoisotopic (exact) mass is 323 g/mol. The van der Waals surface area contributed by atoms with Crippen LogP contribution in [0, 0.1) is 10.1 Å². The third-order valence-electron chi connectivity index (χ3n) is 3.43. The SMILES string of the molecule is CCCCCCCCOc1ccc(C(=O)OCC)c([N+](=O)[O-])c1. The fourth-order valence-electron chi connectivity index (χ4n) is 2.21. The van der Waals surface area contributed by atoms with Crippen LogP contribution in [0.25, 0.3) is 0 Å². The van der Waals surface area contributed by atoms with Crippen LogP contribution < -0.4 is 4.74 Å². The average molecular weight is 323 g/mol. The highest BCUT2D eigenvalue weighted by molar-refractivity contribution is 5.94. The zero-order valence-electron chi connectivity index (χ0n) is 13.9. The Hall–Kier alpha value is -2.11. The van der Waals surface area contributed by atoms with Crippen LogP contribution in [0.15, 0.2) is 18.2 Å². The Balaban J connectivity index is 2.55. The summed E-state index contributed by atoms with van der Waals surface area (Å²) in [5, 5.41) is 11.1. The molecule has 0 atom stereocenters. The van der Waals surface area contributed by atoms with Gasteiger partial charge in [0.25, 0.3) is 5.69 Å². The van der Waals surface area contributed by atoms with Gasteiger partial charge in [0.2, 0.25) is 0 Å². The van der Waals surface area contributed by atoms with Crippen molar-refractivity contribution >= 4 is 11.7 Å². The van der Waals surface area contributed by atoms with Crippen LogP contribution in [-0.2, 0) is 4.74 Å². The lowest BCUT2D eigenvalue weighted by atomic mass is 10.1. The third kappa shape index (κ3) is 6.67. The molecule has 0 saturated carbocycles. The molecule has 0 aromatic heterocycles. The van der Waals surface area contributed by atoms with Crippen molar-refractivity contribution in [2.45, 2.75) is 52.4 Å². The zero-order valence-corrected chi connectivity index (χ0v) is 13.9. The van der Waals surface area contributed by atoms with E-state index in [-0.39, 0.29) is 17.9 Å². The van der Waals surface area contributed by atoms with E-state index in [0.29, 0.717) is 12.4 Å². The molecular formula is C17H25NO5. The molecular weight excluding hydrogens is 298 g/mol. The maximum Gasteiger partial charge on any atom is 0.345 e. The molecule has 0 spiro atoms. The number of nitro groups is 1. The lowest BCUT2D eigenvalue weighted by Crippen LogP contribution is -2.08. The number of nitrogens with zero attached hydrogens (tertiary/aromatic N) is 1. The summed E-state index contributed by atoms with van der Waals surface area (Å²) in [5.41, 5.74) is -0.340. The molecule has 1 rings (SSSR count). The van der Waals surface area contributed by atoms with Gasteiger partial charge in [-0.25, -0.2) is 4.79 Å². The standard InChI is InChI=1S/C17H25NO5/c1-3-5-6-7-8-9-12-23-14-10-11-15(17(19)22-4-2)16(13-14)18(20)21/h10-11,13H,3-9,12H2,1-2H3. The molecule has 6 heteroatoms. The Morgan fingerprint density at radius 3 is 2.48 bits per heavy atom. The lowest BCUT2D eigenvalue weighted by molar-refractivity contribution is -0.385. The summed E-state index contributed by atoms with van der Waals surface area (Å²) in [4.78, 5) is 22.2. The zero-order chi connectivity index (χ0) is 17.1. The predicted molar refractivity (Wildman–Crippen MR) is 87.9 cm³/mol. The number of unbranched alkanes of at least 4 members (excludes halogenated alkanes) is 5. The van der Waals surface area contributed by atoms with Gasteiger partial charge in [0, 0.05) is 0 Å². The van der Waals surface area contributed by atoms with E-state index < -0.39 is 10.9 Å². The second-order valence-electron chi connectivity index (χ2n) is 5.27. The van der Waals surface area contributed by atoms with Crippen LogP contribution >= 0.6 is 0 Å². The van der Waals surface area contributed by atoms with E-state index in [9.17, 15) is 14.9 Å². The first-order chi connectivity index (χ1) is 11.1. The number of carbonyl (C=O) groups is 1. The molecule has 0 aliphatic heterocycles. The van der Waals surface area contributed by atoms with Gasteiger partial charge in [-0.2, -0.15) is 0 Å². The number of nitro benzene ring substituents is 1. The molecule has 0 heterocycles. The highest BCUT2D eigenvalue weighted by Crippen LogP contribution is 2.25. The molecule has 6 nitrogen and oxygen atoms in total. The van der Waals surface area contributed by atoms with E-state index in [1.54, 1.807) is 13.0 Å². The summed E-state index contributed by atoms with van der Waals surface area (Å²) >= 11 is 0. The first-order valence-electron chi connectivity index (χ1n) is 8.18. The van der Waals surface area contributed by atoms with Crippen LogP contribution in [0.3, 0.4) is 0 Å². The average Bonchev–Trinajstić information content (AvgIpc) is 2.54. The summed E-state index contributed by atoms with van der Waals surface area (Å²) in [7, 11) is 0. The molecule has 128 valence electrons. The van der Waals surface area contributed by atoms with Gasteiger partial charge in [-0.1, -0.05) is 39.0 Å². The summed E-state index contributed by atoms with van der Waals surface area (Å²) in [6, 6.07) is 4.23. The number of esters is 1. The fraction of sp³-hybridized carbons (Fsp3) is 0.588. The number of carbonyl (C=O) groups excluding carboxylic acids is 1. The normalized spacial score (nSPS) is 10.3. The summed E-state index contributed by atoms with van der Waals surface area (Å²) < 4.78 is 10.4. The molecule has 0 aliphatic carbocycles. The van der Waals surface area contributed by atoms with Crippen molar-refractivity contribution in [3.8, 4) is 5.75 Å². The highest BCUT2D eigenvalue weighted by atomic mass is 16.6.